The van der Waals surface area contributed by atoms with E-state index in [1.807, 2.05) is 48.5 Å². The van der Waals surface area contributed by atoms with Crippen molar-refractivity contribution in [1.82, 2.24) is 15.6 Å². The molecule has 6 heteroatoms. The fraction of sp³-hybridized carbons (Fsp3) is 0.211. The first-order valence-electron chi connectivity index (χ1n) is 8.23. The van der Waals surface area contributed by atoms with Gasteiger partial charge in [0.2, 0.25) is 5.91 Å². The van der Waals surface area contributed by atoms with E-state index in [1.165, 1.54) is 0 Å². The lowest BCUT2D eigenvalue weighted by molar-refractivity contribution is -0.117. The highest BCUT2D eigenvalue weighted by atomic mass is 32.1. The number of anilines is 1. The summed E-state index contributed by atoms with van der Waals surface area (Å²) in [6.45, 7) is 0. The molecule has 1 aromatic heterocycles. The normalized spacial score (nSPS) is 14.7. The topological polar surface area (TPSA) is 66.1 Å². The van der Waals surface area contributed by atoms with Gasteiger partial charge < -0.3 is 16.0 Å². The molecule has 3 N–H and O–H groups in total. The predicted molar refractivity (Wildman–Crippen MR) is 104 cm³/mol. The quantitative estimate of drug-likeness (QED) is 0.424. The molecule has 1 fully saturated rings. The second-order valence-corrected chi connectivity index (χ2v) is 6.29. The van der Waals surface area contributed by atoms with E-state index in [0.717, 1.165) is 18.4 Å². The monoisotopic (exact) mass is 352 g/mol. The zero-order chi connectivity index (χ0) is 17.5. The van der Waals surface area contributed by atoms with Crippen LogP contribution in [0, 0.1) is 5.92 Å². The third-order valence-electron chi connectivity index (χ3n) is 3.81. The summed E-state index contributed by atoms with van der Waals surface area (Å²) in [6, 6.07) is 15.3. The van der Waals surface area contributed by atoms with Crippen molar-refractivity contribution >= 4 is 35.1 Å². The van der Waals surface area contributed by atoms with Gasteiger partial charge in [0, 0.05) is 12.3 Å². The summed E-state index contributed by atoms with van der Waals surface area (Å²) in [4.78, 5) is 16.4. The zero-order valence-electron chi connectivity index (χ0n) is 13.7. The van der Waals surface area contributed by atoms with E-state index in [2.05, 4.69) is 20.9 Å². The number of nitrogens with one attached hydrogen (secondary N) is 3. The third-order valence-corrected chi connectivity index (χ3v) is 4.03. The first-order chi connectivity index (χ1) is 12.2. The molecule has 0 radical (unpaired) electrons. The summed E-state index contributed by atoms with van der Waals surface area (Å²) >= 11 is 5.32. The number of thiocarbonyl (C=S) groups is 1. The smallest absolute Gasteiger partial charge is 0.245 e. The number of hydrogen-bond donors (Lipinski definition) is 3. The summed E-state index contributed by atoms with van der Waals surface area (Å²) in [6.07, 6.45) is 7.00. The molecule has 1 heterocycles. The van der Waals surface area contributed by atoms with Crippen molar-refractivity contribution in [3.05, 3.63) is 66.4 Å². The molecule has 5 nitrogen and oxygen atoms in total. The van der Waals surface area contributed by atoms with Crippen molar-refractivity contribution in [2.45, 2.75) is 19.0 Å². The Balaban J connectivity index is 1.53. The van der Waals surface area contributed by atoms with E-state index < -0.39 is 0 Å². The molecular weight excluding hydrogens is 332 g/mol. The number of carbonyl (C=O) groups excluding carboxylic acids is 1. The lowest BCUT2D eigenvalue weighted by atomic mass is 10.2. The van der Waals surface area contributed by atoms with Gasteiger partial charge in [-0.1, -0.05) is 36.4 Å². The van der Waals surface area contributed by atoms with Gasteiger partial charge in [0.25, 0.3) is 0 Å². The number of rotatable bonds is 6. The van der Waals surface area contributed by atoms with Crippen molar-refractivity contribution in [3.63, 3.8) is 0 Å². The average molecular weight is 352 g/mol. The first-order valence-corrected chi connectivity index (χ1v) is 8.64. The van der Waals surface area contributed by atoms with Gasteiger partial charge >= 0.3 is 0 Å². The Kier molecular flexibility index (Phi) is 5.74. The molecule has 1 aliphatic carbocycles. The summed E-state index contributed by atoms with van der Waals surface area (Å²) in [5, 5.41) is 9.63. The van der Waals surface area contributed by atoms with E-state index in [4.69, 9.17) is 12.2 Å². The molecule has 1 atom stereocenters. The second-order valence-electron chi connectivity index (χ2n) is 5.88. The SMILES string of the molecule is O=C(/C=C/c1ccccc1)NC(NC(=S)Nc1ccccn1)C1CC1. The van der Waals surface area contributed by atoms with Crippen LogP contribution < -0.4 is 16.0 Å². The number of carbonyl (C=O) groups is 1. The molecule has 1 amide bonds. The lowest BCUT2D eigenvalue weighted by Crippen LogP contribution is -2.50. The van der Waals surface area contributed by atoms with Crippen LogP contribution in [0.1, 0.15) is 18.4 Å². The Bertz CT molecular complexity index is 745. The van der Waals surface area contributed by atoms with Crippen LogP contribution in [0.25, 0.3) is 6.08 Å². The van der Waals surface area contributed by atoms with Gasteiger partial charge in [-0.25, -0.2) is 4.98 Å². The summed E-state index contributed by atoms with van der Waals surface area (Å²) in [7, 11) is 0. The Hall–Kier alpha value is -2.73. The van der Waals surface area contributed by atoms with E-state index in [0.29, 0.717) is 16.8 Å². The highest BCUT2D eigenvalue weighted by Crippen LogP contribution is 2.31. The van der Waals surface area contributed by atoms with Crippen LogP contribution in [-0.2, 0) is 4.79 Å². The van der Waals surface area contributed by atoms with Crippen molar-refractivity contribution < 1.29 is 4.79 Å². The predicted octanol–water partition coefficient (Wildman–Crippen LogP) is 2.93. The van der Waals surface area contributed by atoms with E-state index in [1.54, 1.807) is 18.3 Å². The maximum Gasteiger partial charge on any atom is 0.245 e. The molecule has 25 heavy (non-hydrogen) atoms. The molecule has 3 rings (SSSR count). The van der Waals surface area contributed by atoms with Gasteiger partial charge in [0.1, 0.15) is 12.0 Å². The van der Waals surface area contributed by atoms with Crippen LogP contribution in [0.5, 0.6) is 0 Å². The van der Waals surface area contributed by atoms with E-state index in [9.17, 15) is 4.79 Å². The van der Waals surface area contributed by atoms with Gasteiger partial charge in [-0.05, 0) is 54.7 Å². The second kappa shape index (κ2) is 8.39. The molecule has 0 aliphatic heterocycles. The molecule has 1 unspecified atom stereocenters. The average Bonchev–Trinajstić information content (AvgIpc) is 3.46. The van der Waals surface area contributed by atoms with Gasteiger partial charge in [-0.15, -0.1) is 0 Å². The van der Waals surface area contributed by atoms with Crippen LogP contribution >= 0.6 is 12.2 Å². The molecule has 1 saturated carbocycles. The number of amides is 1. The van der Waals surface area contributed by atoms with Gasteiger partial charge in [0.15, 0.2) is 5.11 Å². The van der Waals surface area contributed by atoms with Gasteiger partial charge in [-0.3, -0.25) is 4.79 Å². The van der Waals surface area contributed by atoms with E-state index in [-0.39, 0.29) is 12.1 Å². The van der Waals surface area contributed by atoms with Gasteiger partial charge in [-0.2, -0.15) is 0 Å². The fourth-order valence-corrected chi connectivity index (χ4v) is 2.60. The standard InChI is InChI=1S/C19H20N4OS/c24-17(12-9-14-6-2-1-3-7-14)22-18(15-10-11-15)23-19(25)21-16-8-4-5-13-20-16/h1-9,12-13,15,18H,10-11H2,(H,22,24)(H2,20,21,23,25)/b12-9+. The van der Waals surface area contributed by atoms with Crippen molar-refractivity contribution in [2.24, 2.45) is 5.92 Å². The minimum absolute atomic E-state index is 0.145. The number of benzene rings is 1. The molecule has 2 aromatic rings. The Morgan fingerprint density at radius 2 is 1.88 bits per heavy atom. The maximum atomic E-state index is 12.2. The largest absolute Gasteiger partial charge is 0.342 e. The molecule has 0 bridgehead atoms. The van der Waals surface area contributed by atoms with Gasteiger partial charge in [0.05, 0.1) is 0 Å². The van der Waals surface area contributed by atoms with Crippen molar-refractivity contribution in [1.29, 1.82) is 0 Å². The minimum Gasteiger partial charge on any atom is -0.342 e. The number of hydrogen-bond acceptors (Lipinski definition) is 3. The summed E-state index contributed by atoms with van der Waals surface area (Å²) in [5.74, 6) is 0.927. The van der Waals surface area contributed by atoms with Crippen molar-refractivity contribution in [3.8, 4) is 0 Å². The molecule has 0 saturated heterocycles. The minimum atomic E-state index is -0.184. The molecule has 128 valence electrons. The van der Waals surface area contributed by atoms with Crippen LogP contribution in [0.15, 0.2) is 60.8 Å². The Labute approximate surface area is 152 Å². The summed E-state index contributed by atoms with van der Waals surface area (Å²) < 4.78 is 0. The molecule has 1 aliphatic rings. The first kappa shape index (κ1) is 17.1. The van der Waals surface area contributed by atoms with Crippen LogP contribution in [0.2, 0.25) is 0 Å². The van der Waals surface area contributed by atoms with E-state index >= 15 is 0 Å². The lowest BCUT2D eigenvalue weighted by Gasteiger charge is -2.21. The number of aromatic nitrogens is 1. The van der Waals surface area contributed by atoms with Crippen LogP contribution in [-0.4, -0.2) is 22.2 Å². The summed E-state index contributed by atoms with van der Waals surface area (Å²) in [5.41, 5.74) is 0.987. The Morgan fingerprint density at radius 1 is 1.12 bits per heavy atom. The van der Waals surface area contributed by atoms with Crippen molar-refractivity contribution in [2.75, 3.05) is 5.32 Å². The fourth-order valence-electron chi connectivity index (χ4n) is 2.37. The van der Waals surface area contributed by atoms with Crippen LogP contribution in [0.4, 0.5) is 5.82 Å². The molecule has 1 aromatic carbocycles. The zero-order valence-corrected chi connectivity index (χ0v) is 14.5. The maximum absolute atomic E-state index is 12.2. The third kappa shape index (κ3) is 5.69. The Morgan fingerprint density at radius 3 is 2.56 bits per heavy atom. The number of nitrogens with zero attached hydrogens (tertiary/aromatic N) is 1. The highest BCUT2D eigenvalue weighted by Gasteiger charge is 2.32. The van der Waals surface area contributed by atoms with Crippen LogP contribution in [0.3, 0.4) is 0 Å². The highest BCUT2D eigenvalue weighted by molar-refractivity contribution is 7.80. The number of pyridine rings is 1. The molecular formula is C19H20N4OS. The molecule has 0 spiro atoms.